The van der Waals surface area contributed by atoms with Crippen LogP contribution in [0.15, 0.2) is 36.9 Å². The molecule has 1 aliphatic rings. The third-order valence-electron chi connectivity index (χ3n) is 6.44. The zero-order valence-electron chi connectivity index (χ0n) is 18.7. The van der Waals surface area contributed by atoms with Gasteiger partial charge in [0, 0.05) is 29.0 Å². The number of fused-ring (bicyclic) bond motifs is 1. The quantitative estimate of drug-likeness (QED) is 0.623. The average molecular weight is 422 g/mol. The maximum Gasteiger partial charge on any atom is 0.274 e. The third-order valence-corrected chi connectivity index (χ3v) is 6.44. The van der Waals surface area contributed by atoms with E-state index in [-0.39, 0.29) is 11.6 Å². The summed E-state index contributed by atoms with van der Waals surface area (Å²) in [7, 11) is 0. The monoisotopic (exact) mass is 421 g/mol. The Hall–Kier alpha value is -2.80. The molecule has 2 N–H and O–H groups in total. The van der Waals surface area contributed by atoms with Gasteiger partial charge in [0.25, 0.3) is 5.91 Å². The molecule has 0 unspecified atom stereocenters. The van der Waals surface area contributed by atoms with Crippen molar-refractivity contribution < 1.29 is 9.90 Å². The summed E-state index contributed by atoms with van der Waals surface area (Å²) in [6, 6.07) is 5.72. The molecule has 31 heavy (non-hydrogen) atoms. The normalized spacial score (nSPS) is 19.7. The predicted octanol–water partition coefficient (Wildman–Crippen LogP) is 4.69. The molecule has 1 aliphatic carbocycles. The van der Waals surface area contributed by atoms with Crippen LogP contribution >= 0.6 is 0 Å². The Balaban J connectivity index is 1.64. The van der Waals surface area contributed by atoms with Crippen molar-refractivity contribution in [3.05, 3.63) is 48.2 Å². The first-order valence-corrected chi connectivity index (χ1v) is 11.1. The number of aromatic nitrogens is 4. The minimum atomic E-state index is -1.14. The van der Waals surface area contributed by atoms with Crippen molar-refractivity contribution in [2.45, 2.75) is 65.0 Å². The number of benzene rings is 1. The zero-order valence-corrected chi connectivity index (χ0v) is 18.7. The molecule has 1 amide bonds. The maximum absolute atomic E-state index is 12.7. The standard InChI is InChI=1S/C24H31N5O2/c1-15(2)16-5-7-18(8-6-16)29-13-17-11-22(19(24(3,4)31)12-21(17)28-29)27-23(30)20-9-10-25-14-26-20/h9-16,18,31H,5-8H2,1-4H3,(H,27,30)/t16-,18-. The first kappa shape index (κ1) is 21.4. The highest BCUT2D eigenvalue weighted by atomic mass is 16.3. The summed E-state index contributed by atoms with van der Waals surface area (Å²) >= 11 is 0. The molecular formula is C24H31N5O2. The number of anilines is 1. The molecule has 2 heterocycles. The molecule has 3 aromatic rings. The Morgan fingerprint density at radius 3 is 2.58 bits per heavy atom. The molecule has 1 saturated carbocycles. The lowest BCUT2D eigenvalue weighted by molar-refractivity contribution is 0.0793. The topological polar surface area (TPSA) is 92.9 Å². The number of carbonyl (C=O) groups excluding carboxylic acids is 1. The van der Waals surface area contributed by atoms with Gasteiger partial charge in [-0.05, 0) is 69.6 Å². The van der Waals surface area contributed by atoms with Crippen molar-refractivity contribution in [2.75, 3.05) is 5.32 Å². The molecule has 0 atom stereocenters. The number of hydrogen-bond donors (Lipinski definition) is 2. The van der Waals surface area contributed by atoms with Crippen LogP contribution in [0, 0.1) is 11.8 Å². The number of carbonyl (C=O) groups is 1. The van der Waals surface area contributed by atoms with E-state index in [0.29, 0.717) is 17.3 Å². The van der Waals surface area contributed by atoms with Crippen LogP contribution in [-0.2, 0) is 5.60 Å². The van der Waals surface area contributed by atoms with Gasteiger partial charge in [0.1, 0.15) is 12.0 Å². The Kier molecular flexibility index (Phi) is 5.79. The fourth-order valence-electron chi connectivity index (χ4n) is 4.53. The lowest BCUT2D eigenvalue weighted by Gasteiger charge is -2.30. The van der Waals surface area contributed by atoms with Crippen LogP contribution in [0.2, 0.25) is 0 Å². The van der Waals surface area contributed by atoms with Gasteiger partial charge in [-0.2, -0.15) is 5.10 Å². The highest BCUT2D eigenvalue weighted by Gasteiger charge is 2.27. The molecule has 4 rings (SSSR count). The Labute approximate surface area is 182 Å². The first-order valence-electron chi connectivity index (χ1n) is 11.1. The van der Waals surface area contributed by atoms with E-state index >= 15 is 0 Å². The van der Waals surface area contributed by atoms with Crippen molar-refractivity contribution in [3.8, 4) is 0 Å². The van der Waals surface area contributed by atoms with Crippen LogP contribution in [0.3, 0.4) is 0 Å². The first-order chi connectivity index (χ1) is 14.7. The van der Waals surface area contributed by atoms with E-state index in [1.54, 1.807) is 19.9 Å². The van der Waals surface area contributed by atoms with Gasteiger partial charge >= 0.3 is 0 Å². The second kappa shape index (κ2) is 8.38. The number of nitrogens with zero attached hydrogens (tertiary/aromatic N) is 4. The molecule has 0 saturated heterocycles. The molecular weight excluding hydrogens is 390 g/mol. The van der Waals surface area contributed by atoms with E-state index in [9.17, 15) is 9.90 Å². The van der Waals surface area contributed by atoms with Gasteiger partial charge in [-0.25, -0.2) is 9.97 Å². The lowest BCUT2D eigenvalue weighted by atomic mass is 9.80. The largest absolute Gasteiger partial charge is 0.386 e. The molecule has 7 heteroatoms. The number of nitrogens with one attached hydrogen (secondary N) is 1. The Morgan fingerprint density at radius 2 is 1.97 bits per heavy atom. The van der Waals surface area contributed by atoms with Gasteiger partial charge in [0.05, 0.1) is 17.2 Å². The minimum Gasteiger partial charge on any atom is -0.386 e. The van der Waals surface area contributed by atoms with Crippen LogP contribution in [0.25, 0.3) is 10.9 Å². The second-order valence-corrected chi connectivity index (χ2v) is 9.49. The van der Waals surface area contributed by atoms with Gasteiger partial charge in [0.2, 0.25) is 0 Å². The van der Waals surface area contributed by atoms with Gasteiger partial charge < -0.3 is 10.4 Å². The van der Waals surface area contributed by atoms with E-state index in [1.165, 1.54) is 25.4 Å². The molecule has 0 aliphatic heterocycles. The van der Waals surface area contributed by atoms with E-state index in [0.717, 1.165) is 35.6 Å². The summed E-state index contributed by atoms with van der Waals surface area (Å²) in [5.74, 6) is 1.19. The van der Waals surface area contributed by atoms with Gasteiger partial charge in [-0.3, -0.25) is 9.48 Å². The fourth-order valence-corrected chi connectivity index (χ4v) is 4.53. The second-order valence-electron chi connectivity index (χ2n) is 9.49. The van der Waals surface area contributed by atoms with E-state index in [4.69, 9.17) is 5.10 Å². The summed E-state index contributed by atoms with van der Waals surface area (Å²) < 4.78 is 2.07. The van der Waals surface area contributed by atoms with Crippen molar-refractivity contribution in [3.63, 3.8) is 0 Å². The highest BCUT2D eigenvalue weighted by Crippen LogP contribution is 2.37. The molecule has 1 fully saturated rings. The number of amides is 1. The van der Waals surface area contributed by atoms with Crippen molar-refractivity contribution >= 4 is 22.5 Å². The highest BCUT2D eigenvalue weighted by molar-refractivity contribution is 6.04. The van der Waals surface area contributed by atoms with E-state index in [1.807, 2.05) is 12.1 Å². The summed E-state index contributed by atoms with van der Waals surface area (Å²) in [5, 5.41) is 19.4. The molecule has 0 bridgehead atoms. The molecule has 2 aromatic heterocycles. The number of rotatable bonds is 5. The smallest absolute Gasteiger partial charge is 0.274 e. The zero-order chi connectivity index (χ0) is 22.2. The SMILES string of the molecule is CC(C)[C@H]1CC[C@H](n2cc3cc(NC(=O)c4ccncn4)c(C(C)(C)O)cc3n2)CC1. The van der Waals surface area contributed by atoms with Crippen LogP contribution in [0.4, 0.5) is 5.69 Å². The fraction of sp³-hybridized carbons (Fsp3) is 0.500. The van der Waals surface area contributed by atoms with Crippen LogP contribution < -0.4 is 5.32 Å². The Morgan fingerprint density at radius 1 is 1.23 bits per heavy atom. The lowest BCUT2D eigenvalue weighted by Crippen LogP contribution is -2.21. The van der Waals surface area contributed by atoms with Gasteiger partial charge in [0.15, 0.2) is 0 Å². The number of aliphatic hydroxyl groups is 1. The van der Waals surface area contributed by atoms with Crippen molar-refractivity contribution in [1.29, 1.82) is 0 Å². The summed E-state index contributed by atoms with van der Waals surface area (Å²) in [6.45, 7) is 8.03. The molecule has 0 spiro atoms. The number of hydrogen-bond acceptors (Lipinski definition) is 5. The molecule has 1 aromatic carbocycles. The van der Waals surface area contributed by atoms with Crippen molar-refractivity contribution in [2.24, 2.45) is 11.8 Å². The van der Waals surface area contributed by atoms with Crippen LogP contribution in [-0.4, -0.2) is 30.8 Å². The van der Waals surface area contributed by atoms with Crippen molar-refractivity contribution in [1.82, 2.24) is 19.7 Å². The third kappa shape index (κ3) is 4.61. The average Bonchev–Trinajstić information content (AvgIpc) is 3.16. The summed E-state index contributed by atoms with van der Waals surface area (Å²) in [5.41, 5.74) is 1.14. The molecule has 164 valence electrons. The Bertz CT molecular complexity index is 1060. The minimum absolute atomic E-state index is 0.273. The summed E-state index contributed by atoms with van der Waals surface area (Å²) in [4.78, 5) is 20.5. The molecule has 0 radical (unpaired) electrons. The van der Waals surface area contributed by atoms with Crippen LogP contribution in [0.1, 0.15) is 75.5 Å². The van der Waals surface area contributed by atoms with Gasteiger partial charge in [-0.15, -0.1) is 0 Å². The predicted molar refractivity (Wildman–Crippen MR) is 121 cm³/mol. The summed E-state index contributed by atoms with van der Waals surface area (Å²) in [6.07, 6.45) is 9.65. The van der Waals surface area contributed by atoms with Crippen LogP contribution in [0.5, 0.6) is 0 Å². The van der Waals surface area contributed by atoms with Gasteiger partial charge in [-0.1, -0.05) is 13.8 Å². The van der Waals surface area contributed by atoms with E-state index < -0.39 is 5.60 Å². The maximum atomic E-state index is 12.7. The van der Waals surface area contributed by atoms with E-state index in [2.05, 4.69) is 40.0 Å². The molecule has 7 nitrogen and oxygen atoms in total.